The molecule has 1 aliphatic heterocycles. The van der Waals surface area contributed by atoms with Crippen molar-refractivity contribution in [2.45, 2.75) is 42.4 Å². The average molecular weight is 495 g/mol. The monoisotopic (exact) mass is 494 g/mol. The van der Waals surface area contributed by atoms with Crippen molar-refractivity contribution in [1.29, 1.82) is 0 Å². The van der Waals surface area contributed by atoms with Crippen LogP contribution in [0.15, 0.2) is 58.3 Å². The van der Waals surface area contributed by atoms with E-state index in [1.54, 1.807) is 17.0 Å². The van der Waals surface area contributed by atoms with E-state index in [4.69, 9.17) is 0 Å². The highest BCUT2D eigenvalue weighted by molar-refractivity contribution is 7.92. The van der Waals surface area contributed by atoms with Gasteiger partial charge in [0.05, 0.1) is 9.79 Å². The van der Waals surface area contributed by atoms with Crippen molar-refractivity contribution in [2.75, 3.05) is 22.7 Å². The van der Waals surface area contributed by atoms with E-state index in [2.05, 4.69) is 10.0 Å². The van der Waals surface area contributed by atoms with Crippen LogP contribution in [0.4, 0.5) is 16.2 Å². The van der Waals surface area contributed by atoms with Crippen molar-refractivity contribution in [3.8, 4) is 0 Å². The highest BCUT2D eigenvalue weighted by atomic mass is 32.2. The molecule has 33 heavy (non-hydrogen) atoms. The lowest BCUT2D eigenvalue weighted by Crippen LogP contribution is -2.39. The van der Waals surface area contributed by atoms with Crippen LogP contribution in [0.1, 0.15) is 32.6 Å². The largest absolute Gasteiger partial charge is 0.337 e. The van der Waals surface area contributed by atoms with E-state index in [1.165, 1.54) is 36.4 Å². The predicted molar refractivity (Wildman–Crippen MR) is 124 cm³/mol. The second kappa shape index (κ2) is 10.2. The summed E-state index contributed by atoms with van der Waals surface area (Å²) in [7, 11) is -8.03. The molecule has 0 atom stereocenters. The summed E-state index contributed by atoms with van der Waals surface area (Å²) < 4.78 is 54.3. The number of rotatable bonds is 9. The van der Waals surface area contributed by atoms with Crippen LogP contribution in [0, 0.1) is 0 Å². The third-order valence-corrected chi connectivity index (χ3v) is 7.74. The Bertz CT molecular complexity index is 1210. The molecule has 0 spiro atoms. The molecule has 178 valence electrons. The fourth-order valence-corrected chi connectivity index (χ4v) is 5.23. The second-order valence-electron chi connectivity index (χ2n) is 7.49. The molecule has 10 nitrogen and oxygen atoms in total. The lowest BCUT2D eigenvalue weighted by atomic mass is 10.3. The van der Waals surface area contributed by atoms with Crippen LogP contribution < -0.4 is 19.7 Å². The Morgan fingerprint density at radius 3 is 2.12 bits per heavy atom. The number of carbonyl (C=O) groups is 2. The summed E-state index contributed by atoms with van der Waals surface area (Å²) in [5.74, 6) is 0.00621. The zero-order valence-electron chi connectivity index (χ0n) is 18.1. The molecule has 12 heteroatoms. The molecule has 0 aromatic heterocycles. The Morgan fingerprint density at radius 2 is 1.55 bits per heavy atom. The van der Waals surface area contributed by atoms with Crippen molar-refractivity contribution in [3.63, 3.8) is 0 Å². The Hall–Kier alpha value is -3.12. The van der Waals surface area contributed by atoms with Crippen molar-refractivity contribution < 1.29 is 26.4 Å². The quantitative estimate of drug-likeness (QED) is 0.457. The molecule has 0 aliphatic carbocycles. The maximum absolute atomic E-state index is 12.7. The van der Waals surface area contributed by atoms with Crippen LogP contribution in [-0.4, -0.2) is 41.9 Å². The molecule has 2 aromatic carbocycles. The van der Waals surface area contributed by atoms with Gasteiger partial charge in [0.25, 0.3) is 20.0 Å². The first-order chi connectivity index (χ1) is 15.6. The first-order valence-corrected chi connectivity index (χ1v) is 13.4. The summed E-state index contributed by atoms with van der Waals surface area (Å²) in [6.45, 7) is 2.90. The molecule has 3 N–H and O–H groups in total. The minimum atomic E-state index is -4.10. The van der Waals surface area contributed by atoms with Gasteiger partial charge < -0.3 is 10.2 Å². The highest BCUT2D eigenvalue weighted by Crippen LogP contribution is 2.24. The smallest absolute Gasteiger partial charge is 0.328 e. The third kappa shape index (κ3) is 6.23. The third-order valence-electron chi connectivity index (χ3n) is 4.99. The minimum Gasteiger partial charge on any atom is -0.337 e. The molecule has 0 radical (unpaired) electrons. The molecule has 0 saturated carbocycles. The lowest BCUT2D eigenvalue weighted by Gasteiger charge is -2.16. The molecular formula is C21H26N4O6S2. The van der Waals surface area contributed by atoms with E-state index in [1.807, 2.05) is 11.6 Å². The molecule has 1 aliphatic rings. The van der Waals surface area contributed by atoms with Crippen molar-refractivity contribution in [2.24, 2.45) is 0 Å². The first-order valence-electron chi connectivity index (χ1n) is 10.5. The summed E-state index contributed by atoms with van der Waals surface area (Å²) in [4.78, 5) is 25.0. The summed E-state index contributed by atoms with van der Waals surface area (Å²) in [6, 6.07) is 10.1. The number of benzene rings is 2. The molecule has 0 unspecified atom stereocenters. The maximum atomic E-state index is 12.7. The van der Waals surface area contributed by atoms with Crippen LogP contribution in [-0.2, 0) is 24.8 Å². The summed E-state index contributed by atoms with van der Waals surface area (Å²) >= 11 is 0. The van der Waals surface area contributed by atoms with E-state index < -0.39 is 26.1 Å². The SMILES string of the molecule is CCCCNC(=O)NS(=O)(=O)c1ccc(NS(=O)(=O)c2ccc(N3CCCC3=O)cc2)cc1. The van der Waals surface area contributed by atoms with Crippen LogP contribution >= 0.6 is 0 Å². The highest BCUT2D eigenvalue weighted by Gasteiger charge is 2.23. The normalized spacial score (nSPS) is 14.2. The number of unbranched alkanes of at least 4 members (excludes halogenated alkanes) is 1. The Balaban J connectivity index is 1.66. The van der Waals surface area contributed by atoms with Gasteiger partial charge in [-0.15, -0.1) is 0 Å². The number of nitrogens with zero attached hydrogens (tertiary/aromatic N) is 1. The Kier molecular flexibility index (Phi) is 7.59. The topological polar surface area (TPSA) is 142 Å². The van der Waals surface area contributed by atoms with E-state index in [0.29, 0.717) is 25.2 Å². The number of hydrogen-bond donors (Lipinski definition) is 3. The number of carbonyl (C=O) groups excluding carboxylic acids is 2. The fourth-order valence-electron chi connectivity index (χ4n) is 3.24. The first kappa shape index (κ1) is 24.5. The standard InChI is InChI=1S/C21H26N4O6S2/c1-2-3-14-22-21(27)24-33(30,31)18-10-6-16(7-11-18)23-32(28,29)19-12-8-17(9-13-19)25-15-4-5-20(25)26/h6-13,23H,2-5,14-15H2,1H3,(H2,22,24,27). The van der Waals surface area contributed by atoms with Crippen molar-refractivity contribution in [3.05, 3.63) is 48.5 Å². The summed E-state index contributed by atoms with van der Waals surface area (Å²) in [5, 5.41) is 2.45. The Morgan fingerprint density at radius 1 is 0.939 bits per heavy atom. The fraction of sp³-hybridized carbons (Fsp3) is 0.333. The lowest BCUT2D eigenvalue weighted by molar-refractivity contribution is -0.117. The molecule has 1 heterocycles. The van der Waals surface area contributed by atoms with Crippen LogP contribution in [0.2, 0.25) is 0 Å². The van der Waals surface area contributed by atoms with Crippen LogP contribution in [0.5, 0.6) is 0 Å². The van der Waals surface area contributed by atoms with Gasteiger partial charge in [0.15, 0.2) is 0 Å². The van der Waals surface area contributed by atoms with E-state index >= 15 is 0 Å². The number of anilines is 2. The zero-order chi connectivity index (χ0) is 24.1. The molecule has 3 rings (SSSR count). The molecular weight excluding hydrogens is 468 g/mol. The van der Waals surface area contributed by atoms with Gasteiger partial charge in [0.1, 0.15) is 0 Å². The second-order valence-corrected chi connectivity index (χ2v) is 10.9. The molecule has 0 bridgehead atoms. The van der Waals surface area contributed by atoms with E-state index in [0.717, 1.165) is 19.3 Å². The van der Waals surface area contributed by atoms with Gasteiger partial charge in [-0.1, -0.05) is 13.3 Å². The number of sulfonamides is 2. The van der Waals surface area contributed by atoms with Crippen LogP contribution in [0.25, 0.3) is 0 Å². The van der Waals surface area contributed by atoms with Gasteiger partial charge in [0.2, 0.25) is 5.91 Å². The van der Waals surface area contributed by atoms with Gasteiger partial charge in [0, 0.05) is 30.9 Å². The number of urea groups is 1. The number of amides is 3. The average Bonchev–Trinajstić information content (AvgIpc) is 3.19. The Labute approximate surface area is 193 Å². The zero-order valence-corrected chi connectivity index (χ0v) is 19.7. The van der Waals surface area contributed by atoms with Gasteiger partial charge in [-0.25, -0.2) is 26.4 Å². The van der Waals surface area contributed by atoms with Gasteiger partial charge >= 0.3 is 6.03 Å². The van der Waals surface area contributed by atoms with E-state index in [-0.39, 0.29) is 21.4 Å². The van der Waals surface area contributed by atoms with Gasteiger partial charge in [-0.3, -0.25) is 9.52 Å². The minimum absolute atomic E-state index is 0.0000102. The van der Waals surface area contributed by atoms with Gasteiger partial charge in [-0.05, 0) is 61.4 Å². The van der Waals surface area contributed by atoms with Crippen molar-refractivity contribution in [1.82, 2.24) is 10.0 Å². The predicted octanol–water partition coefficient (Wildman–Crippen LogP) is 2.40. The summed E-state index contributed by atoms with van der Waals surface area (Å²) in [5.41, 5.74) is 0.789. The molecule has 1 fully saturated rings. The van der Waals surface area contributed by atoms with E-state index in [9.17, 15) is 26.4 Å². The van der Waals surface area contributed by atoms with Crippen molar-refractivity contribution >= 4 is 43.4 Å². The number of hydrogen-bond acceptors (Lipinski definition) is 6. The van der Waals surface area contributed by atoms with Gasteiger partial charge in [-0.2, -0.15) is 0 Å². The molecule has 3 amide bonds. The molecule has 2 aromatic rings. The molecule has 1 saturated heterocycles. The summed E-state index contributed by atoms with van der Waals surface area (Å²) in [6.07, 6.45) is 2.83. The maximum Gasteiger partial charge on any atom is 0.328 e. The number of nitrogens with one attached hydrogen (secondary N) is 3. The van der Waals surface area contributed by atoms with Crippen LogP contribution in [0.3, 0.4) is 0 Å².